The van der Waals surface area contributed by atoms with Crippen LogP contribution in [-0.2, 0) is 11.3 Å². The topological polar surface area (TPSA) is 71.3 Å². The molecule has 6 heteroatoms. The molecule has 0 spiro atoms. The average Bonchev–Trinajstić information content (AvgIpc) is 2.39. The van der Waals surface area contributed by atoms with Crippen molar-refractivity contribution in [2.45, 2.75) is 39.3 Å². The zero-order chi connectivity index (χ0) is 15.3. The number of amides is 1. The lowest BCUT2D eigenvalue weighted by molar-refractivity contribution is -0.123. The number of halogens is 1. The minimum atomic E-state index is -0.952. The van der Waals surface area contributed by atoms with Crippen molar-refractivity contribution in [3.05, 3.63) is 33.2 Å². The van der Waals surface area contributed by atoms with Crippen molar-refractivity contribution in [3.63, 3.8) is 0 Å². The van der Waals surface area contributed by atoms with Gasteiger partial charge in [0.1, 0.15) is 6.54 Å². The van der Waals surface area contributed by atoms with Crippen molar-refractivity contribution in [3.8, 4) is 0 Å². The number of carbonyl (C=O) groups is 1. The van der Waals surface area contributed by atoms with E-state index >= 15 is 0 Å². The third kappa shape index (κ3) is 4.76. The van der Waals surface area contributed by atoms with E-state index in [4.69, 9.17) is 0 Å². The van der Waals surface area contributed by atoms with Crippen LogP contribution < -0.4 is 10.9 Å². The quantitative estimate of drug-likeness (QED) is 0.821. The van der Waals surface area contributed by atoms with Crippen LogP contribution >= 0.6 is 15.9 Å². The van der Waals surface area contributed by atoms with E-state index in [-0.39, 0.29) is 30.5 Å². The minimum absolute atomic E-state index is 0.0607. The van der Waals surface area contributed by atoms with Crippen molar-refractivity contribution >= 4 is 21.8 Å². The molecule has 2 atom stereocenters. The van der Waals surface area contributed by atoms with Gasteiger partial charge >= 0.3 is 0 Å². The van der Waals surface area contributed by atoms with Gasteiger partial charge in [0.05, 0.1) is 5.60 Å². The van der Waals surface area contributed by atoms with Crippen LogP contribution in [0.3, 0.4) is 0 Å². The van der Waals surface area contributed by atoms with Crippen LogP contribution in [0, 0.1) is 5.92 Å². The fourth-order valence-electron chi connectivity index (χ4n) is 1.73. The van der Waals surface area contributed by atoms with Crippen LogP contribution in [0.15, 0.2) is 27.6 Å². The van der Waals surface area contributed by atoms with Gasteiger partial charge in [-0.2, -0.15) is 0 Å². The molecule has 0 radical (unpaired) electrons. The average molecular weight is 345 g/mol. The lowest BCUT2D eigenvalue weighted by atomic mass is 9.89. The first-order chi connectivity index (χ1) is 9.26. The summed E-state index contributed by atoms with van der Waals surface area (Å²) in [6.45, 7) is 5.73. The maximum atomic E-state index is 11.8. The molecular weight excluding hydrogens is 324 g/mol. The molecule has 0 fully saturated rings. The van der Waals surface area contributed by atoms with Crippen LogP contribution in [0.5, 0.6) is 0 Å². The number of pyridine rings is 1. The molecular formula is C14H21BrN2O3. The van der Waals surface area contributed by atoms with Gasteiger partial charge in [-0.25, -0.2) is 0 Å². The second-order valence-electron chi connectivity index (χ2n) is 5.26. The molecule has 1 amide bonds. The lowest BCUT2D eigenvalue weighted by Gasteiger charge is -2.29. The monoisotopic (exact) mass is 344 g/mol. The summed E-state index contributed by atoms with van der Waals surface area (Å²) in [5.41, 5.74) is -1.19. The molecule has 20 heavy (non-hydrogen) atoms. The van der Waals surface area contributed by atoms with Gasteiger partial charge in [0.25, 0.3) is 5.56 Å². The van der Waals surface area contributed by atoms with Gasteiger partial charge in [-0.05, 0) is 34.8 Å². The summed E-state index contributed by atoms with van der Waals surface area (Å²) >= 11 is 3.25. The van der Waals surface area contributed by atoms with Crippen molar-refractivity contribution in [2.75, 3.05) is 6.54 Å². The van der Waals surface area contributed by atoms with Crippen LogP contribution in [0.2, 0.25) is 0 Å². The minimum Gasteiger partial charge on any atom is -0.388 e. The molecule has 1 heterocycles. The number of nitrogens with one attached hydrogen (secondary N) is 1. The van der Waals surface area contributed by atoms with Crippen LogP contribution in [0.4, 0.5) is 0 Å². The van der Waals surface area contributed by atoms with Gasteiger partial charge in [-0.3, -0.25) is 9.59 Å². The van der Waals surface area contributed by atoms with Crippen molar-refractivity contribution in [1.29, 1.82) is 0 Å². The van der Waals surface area contributed by atoms with Crippen molar-refractivity contribution < 1.29 is 9.90 Å². The zero-order valence-electron chi connectivity index (χ0n) is 12.0. The van der Waals surface area contributed by atoms with Gasteiger partial charge < -0.3 is 15.0 Å². The number of aliphatic hydroxyl groups is 1. The van der Waals surface area contributed by atoms with E-state index in [1.54, 1.807) is 19.2 Å². The number of hydrogen-bond donors (Lipinski definition) is 2. The lowest BCUT2D eigenvalue weighted by Crippen LogP contribution is -2.46. The van der Waals surface area contributed by atoms with Crippen LogP contribution in [0.1, 0.15) is 27.2 Å². The second kappa shape index (κ2) is 7.04. The molecule has 0 saturated carbocycles. The van der Waals surface area contributed by atoms with E-state index < -0.39 is 5.60 Å². The number of rotatable bonds is 6. The van der Waals surface area contributed by atoms with E-state index in [0.29, 0.717) is 0 Å². The summed E-state index contributed by atoms with van der Waals surface area (Å²) in [7, 11) is 0. The largest absolute Gasteiger partial charge is 0.388 e. The first kappa shape index (κ1) is 16.9. The van der Waals surface area contributed by atoms with Crippen molar-refractivity contribution in [2.24, 2.45) is 5.92 Å². The molecule has 2 N–H and O–H groups in total. The number of aromatic nitrogens is 1. The Bertz CT molecular complexity index is 525. The van der Waals surface area contributed by atoms with Gasteiger partial charge in [0.15, 0.2) is 0 Å². The van der Waals surface area contributed by atoms with E-state index in [9.17, 15) is 14.7 Å². The fraction of sp³-hybridized carbons (Fsp3) is 0.571. The second-order valence-corrected chi connectivity index (χ2v) is 6.17. The first-order valence-electron chi connectivity index (χ1n) is 6.61. The molecule has 1 aromatic heterocycles. The maximum Gasteiger partial charge on any atom is 0.251 e. The number of carbonyl (C=O) groups excluding carboxylic acids is 1. The smallest absolute Gasteiger partial charge is 0.251 e. The maximum absolute atomic E-state index is 11.8. The molecule has 1 rings (SSSR count). The molecule has 2 unspecified atom stereocenters. The molecule has 0 saturated heterocycles. The summed E-state index contributed by atoms with van der Waals surface area (Å²) in [5.74, 6) is -0.217. The van der Waals surface area contributed by atoms with Crippen molar-refractivity contribution in [1.82, 2.24) is 9.88 Å². The van der Waals surface area contributed by atoms with E-state index in [0.717, 1.165) is 10.9 Å². The highest BCUT2D eigenvalue weighted by atomic mass is 79.9. The third-order valence-electron chi connectivity index (χ3n) is 3.58. The summed E-state index contributed by atoms with van der Waals surface area (Å²) in [4.78, 5) is 23.4. The van der Waals surface area contributed by atoms with E-state index in [1.165, 1.54) is 10.6 Å². The Hall–Kier alpha value is -1.14. The van der Waals surface area contributed by atoms with Crippen LogP contribution in [-0.4, -0.2) is 27.7 Å². The summed E-state index contributed by atoms with van der Waals surface area (Å²) in [6, 6.07) is 3.02. The Labute approximate surface area is 127 Å². The molecule has 0 bridgehead atoms. The predicted molar refractivity (Wildman–Crippen MR) is 81.5 cm³/mol. The third-order valence-corrected chi connectivity index (χ3v) is 4.05. The van der Waals surface area contributed by atoms with Gasteiger partial charge in [0, 0.05) is 23.3 Å². The Balaban J connectivity index is 2.61. The molecule has 1 aromatic rings. The summed E-state index contributed by atoms with van der Waals surface area (Å²) in [6.07, 6.45) is 2.39. The normalized spacial score (nSPS) is 15.4. The van der Waals surface area contributed by atoms with E-state index in [1.807, 2.05) is 13.8 Å². The van der Waals surface area contributed by atoms with Crippen LogP contribution in [0.25, 0.3) is 0 Å². The highest BCUT2D eigenvalue weighted by molar-refractivity contribution is 9.10. The van der Waals surface area contributed by atoms with Gasteiger partial charge in [-0.1, -0.05) is 20.3 Å². The molecule has 0 aromatic carbocycles. The summed E-state index contributed by atoms with van der Waals surface area (Å²) in [5, 5.41) is 12.9. The molecule has 112 valence electrons. The Morgan fingerprint density at radius 3 is 2.80 bits per heavy atom. The highest BCUT2D eigenvalue weighted by Gasteiger charge is 2.27. The molecule has 0 aliphatic heterocycles. The predicted octanol–water partition coefficient (Wildman–Crippen LogP) is 1.52. The highest BCUT2D eigenvalue weighted by Crippen LogP contribution is 2.18. The Morgan fingerprint density at radius 2 is 2.20 bits per heavy atom. The number of nitrogens with zero attached hydrogens (tertiary/aromatic N) is 1. The van der Waals surface area contributed by atoms with Gasteiger partial charge in [0.2, 0.25) is 5.91 Å². The Morgan fingerprint density at radius 1 is 1.55 bits per heavy atom. The summed E-state index contributed by atoms with van der Waals surface area (Å²) < 4.78 is 2.05. The van der Waals surface area contributed by atoms with E-state index in [2.05, 4.69) is 21.2 Å². The van der Waals surface area contributed by atoms with Gasteiger partial charge in [-0.15, -0.1) is 0 Å². The molecule has 5 nitrogen and oxygen atoms in total. The Kier molecular flexibility index (Phi) is 5.95. The number of hydrogen-bond acceptors (Lipinski definition) is 3. The SMILES string of the molecule is CCC(C)C(C)(O)CNC(=O)Cn1cc(Br)ccc1=O. The molecule has 0 aliphatic rings. The first-order valence-corrected chi connectivity index (χ1v) is 7.40. The fourth-order valence-corrected chi connectivity index (χ4v) is 2.11. The zero-order valence-corrected chi connectivity index (χ0v) is 13.6. The molecule has 0 aliphatic carbocycles. The standard InChI is InChI=1S/C14H21BrN2O3/c1-4-10(2)14(3,20)9-16-12(18)8-17-7-11(15)5-6-13(17)19/h5-7,10,20H,4,8-9H2,1-3H3,(H,16,18).